The van der Waals surface area contributed by atoms with Crippen LogP contribution < -0.4 is 15.0 Å². The molecule has 25 heavy (non-hydrogen) atoms. The molecule has 1 aromatic heterocycles. The quantitative estimate of drug-likeness (QED) is 0.870. The van der Waals surface area contributed by atoms with Gasteiger partial charge in [-0.25, -0.2) is 9.97 Å². The van der Waals surface area contributed by atoms with Gasteiger partial charge in [0.25, 0.3) is 11.8 Å². The minimum atomic E-state index is -0.251. The molecule has 1 fully saturated rings. The Kier molecular flexibility index (Phi) is 3.93. The number of anilines is 2. The van der Waals surface area contributed by atoms with Crippen molar-refractivity contribution in [2.24, 2.45) is 0 Å². The van der Waals surface area contributed by atoms with E-state index >= 15 is 0 Å². The number of carbonyl (C=O) groups excluding carboxylic acids is 2. The third-order valence-electron chi connectivity index (χ3n) is 4.28. The number of rotatable bonds is 2. The highest BCUT2D eigenvalue weighted by atomic mass is 16.5. The van der Waals surface area contributed by atoms with Crippen molar-refractivity contribution in [2.45, 2.75) is 0 Å². The zero-order valence-corrected chi connectivity index (χ0v) is 13.5. The number of benzene rings is 1. The van der Waals surface area contributed by atoms with Crippen molar-refractivity contribution in [1.82, 2.24) is 14.9 Å². The van der Waals surface area contributed by atoms with E-state index in [9.17, 15) is 9.59 Å². The second-order valence-corrected chi connectivity index (χ2v) is 5.84. The monoisotopic (exact) mass is 339 g/mol. The standard InChI is InChI=1S/C17H17N5O3/c23-14-11-25-13-4-1-3-12(15(13)20-14)16(24)21-7-9-22(10-8-21)17-18-5-2-6-19-17/h1-6H,7-11H2,(H,20,23). The molecule has 3 heterocycles. The van der Waals surface area contributed by atoms with Gasteiger partial charge in [0.05, 0.1) is 11.3 Å². The summed E-state index contributed by atoms with van der Waals surface area (Å²) in [5.41, 5.74) is 0.910. The Morgan fingerprint density at radius 3 is 2.60 bits per heavy atom. The van der Waals surface area contributed by atoms with Crippen LogP contribution in [0.15, 0.2) is 36.7 Å². The average Bonchev–Trinajstić information content (AvgIpc) is 2.68. The van der Waals surface area contributed by atoms with Gasteiger partial charge < -0.3 is 19.9 Å². The lowest BCUT2D eigenvalue weighted by molar-refractivity contribution is -0.118. The van der Waals surface area contributed by atoms with Crippen LogP contribution in [0.3, 0.4) is 0 Å². The van der Waals surface area contributed by atoms with Gasteiger partial charge in [-0.2, -0.15) is 0 Å². The smallest absolute Gasteiger partial charge is 0.262 e. The number of ether oxygens (including phenoxy) is 1. The van der Waals surface area contributed by atoms with Crippen LogP contribution in [-0.4, -0.2) is 59.5 Å². The van der Waals surface area contributed by atoms with E-state index in [1.807, 2.05) is 0 Å². The van der Waals surface area contributed by atoms with E-state index in [0.717, 1.165) is 0 Å². The third-order valence-corrected chi connectivity index (χ3v) is 4.28. The number of nitrogens with zero attached hydrogens (tertiary/aromatic N) is 4. The summed E-state index contributed by atoms with van der Waals surface area (Å²) in [6.07, 6.45) is 3.41. The van der Waals surface area contributed by atoms with Crippen molar-refractivity contribution < 1.29 is 14.3 Å². The molecule has 8 heteroatoms. The molecule has 2 aliphatic heterocycles. The van der Waals surface area contributed by atoms with Crippen LogP contribution in [0.25, 0.3) is 0 Å². The van der Waals surface area contributed by atoms with Gasteiger partial charge in [0.1, 0.15) is 5.75 Å². The summed E-state index contributed by atoms with van der Waals surface area (Å²) in [6, 6.07) is 6.99. The highest BCUT2D eigenvalue weighted by molar-refractivity contribution is 6.06. The van der Waals surface area contributed by atoms with E-state index in [1.165, 1.54) is 0 Å². The zero-order valence-electron chi connectivity index (χ0n) is 13.5. The maximum atomic E-state index is 12.9. The fourth-order valence-electron chi connectivity index (χ4n) is 3.01. The lowest BCUT2D eigenvalue weighted by Crippen LogP contribution is -2.49. The summed E-state index contributed by atoms with van der Waals surface area (Å²) in [5, 5.41) is 2.74. The average molecular weight is 339 g/mol. The summed E-state index contributed by atoms with van der Waals surface area (Å²) in [6.45, 7) is 2.42. The number of para-hydroxylation sites is 1. The molecule has 0 spiro atoms. The Morgan fingerprint density at radius 2 is 1.84 bits per heavy atom. The first-order valence-electron chi connectivity index (χ1n) is 8.09. The normalized spacial score (nSPS) is 16.7. The lowest BCUT2D eigenvalue weighted by Gasteiger charge is -2.35. The van der Waals surface area contributed by atoms with Crippen molar-refractivity contribution in [3.05, 3.63) is 42.2 Å². The summed E-state index contributed by atoms with van der Waals surface area (Å²) in [5.74, 6) is 0.837. The van der Waals surface area contributed by atoms with Gasteiger partial charge in [-0.1, -0.05) is 6.07 Å². The largest absolute Gasteiger partial charge is 0.482 e. The molecular formula is C17H17N5O3. The molecule has 4 rings (SSSR count). The van der Waals surface area contributed by atoms with Crippen molar-refractivity contribution in [1.29, 1.82) is 0 Å². The Balaban J connectivity index is 1.49. The summed E-state index contributed by atoms with van der Waals surface area (Å²) in [7, 11) is 0. The topological polar surface area (TPSA) is 87.7 Å². The number of nitrogens with one attached hydrogen (secondary N) is 1. The molecule has 2 aliphatic rings. The molecule has 2 aromatic rings. The number of hydrogen-bond acceptors (Lipinski definition) is 6. The Hall–Kier alpha value is -3.16. The molecular weight excluding hydrogens is 322 g/mol. The van der Waals surface area contributed by atoms with Crippen LogP contribution in [0.2, 0.25) is 0 Å². The van der Waals surface area contributed by atoms with Gasteiger partial charge in [0.15, 0.2) is 6.61 Å². The SMILES string of the molecule is O=C1COc2cccc(C(=O)N3CCN(c4ncccn4)CC3)c2N1. The van der Waals surface area contributed by atoms with Gasteiger partial charge in [-0.15, -0.1) is 0 Å². The molecule has 1 N–H and O–H groups in total. The molecule has 0 saturated carbocycles. The van der Waals surface area contributed by atoms with E-state index in [1.54, 1.807) is 41.6 Å². The number of piperazine rings is 1. The molecule has 2 amide bonds. The highest BCUT2D eigenvalue weighted by Gasteiger charge is 2.28. The second-order valence-electron chi connectivity index (χ2n) is 5.84. The van der Waals surface area contributed by atoms with E-state index in [-0.39, 0.29) is 18.4 Å². The Labute approximate surface area is 144 Å². The summed E-state index contributed by atoms with van der Waals surface area (Å²) >= 11 is 0. The van der Waals surface area contributed by atoms with Crippen LogP contribution in [-0.2, 0) is 4.79 Å². The molecule has 1 saturated heterocycles. The molecule has 0 radical (unpaired) electrons. The predicted octanol–water partition coefficient (Wildman–Crippen LogP) is 0.770. The number of fused-ring (bicyclic) bond motifs is 1. The van der Waals surface area contributed by atoms with Crippen LogP contribution in [0.5, 0.6) is 5.75 Å². The zero-order chi connectivity index (χ0) is 17.2. The molecule has 0 unspecified atom stereocenters. The second kappa shape index (κ2) is 6.39. The van der Waals surface area contributed by atoms with Crippen LogP contribution in [0.1, 0.15) is 10.4 Å². The van der Waals surface area contributed by atoms with E-state index in [4.69, 9.17) is 4.74 Å². The predicted molar refractivity (Wildman–Crippen MR) is 90.7 cm³/mol. The highest BCUT2D eigenvalue weighted by Crippen LogP contribution is 2.32. The first kappa shape index (κ1) is 15.4. The van der Waals surface area contributed by atoms with Gasteiger partial charge in [0.2, 0.25) is 5.95 Å². The molecule has 8 nitrogen and oxygen atoms in total. The molecule has 0 aliphatic carbocycles. The lowest BCUT2D eigenvalue weighted by atomic mass is 10.1. The first-order chi connectivity index (χ1) is 12.2. The molecule has 1 aromatic carbocycles. The maximum absolute atomic E-state index is 12.9. The van der Waals surface area contributed by atoms with Crippen molar-refractivity contribution in [3.63, 3.8) is 0 Å². The van der Waals surface area contributed by atoms with Crippen molar-refractivity contribution in [2.75, 3.05) is 43.0 Å². The van der Waals surface area contributed by atoms with Crippen LogP contribution >= 0.6 is 0 Å². The fraction of sp³-hybridized carbons (Fsp3) is 0.294. The Bertz CT molecular complexity index is 803. The van der Waals surface area contributed by atoms with Crippen LogP contribution in [0.4, 0.5) is 11.6 Å². The minimum absolute atomic E-state index is 0.0274. The first-order valence-corrected chi connectivity index (χ1v) is 8.09. The van der Waals surface area contributed by atoms with Gasteiger partial charge in [0, 0.05) is 38.6 Å². The molecule has 0 atom stereocenters. The molecule has 128 valence electrons. The van der Waals surface area contributed by atoms with Crippen LogP contribution in [0, 0.1) is 0 Å². The van der Waals surface area contributed by atoms with Gasteiger partial charge >= 0.3 is 0 Å². The van der Waals surface area contributed by atoms with Gasteiger partial charge in [-0.3, -0.25) is 9.59 Å². The van der Waals surface area contributed by atoms with E-state index in [2.05, 4.69) is 20.2 Å². The third kappa shape index (κ3) is 2.98. The number of hydrogen-bond donors (Lipinski definition) is 1. The minimum Gasteiger partial charge on any atom is -0.482 e. The summed E-state index contributed by atoms with van der Waals surface area (Å²) in [4.78, 5) is 36.8. The van der Waals surface area contributed by atoms with E-state index in [0.29, 0.717) is 49.1 Å². The van der Waals surface area contributed by atoms with Crippen molar-refractivity contribution in [3.8, 4) is 5.75 Å². The fourth-order valence-corrected chi connectivity index (χ4v) is 3.01. The Morgan fingerprint density at radius 1 is 1.08 bits per heavy atom. The maximum Gasteiger partial charge on any atom is 0.262 e. The number of amides is 2. The van der Waals surface area contributed by atoms with Gasteiger partial charge in [-0.05, 0) is 18.2 Å². The number of carbonyl (C=O) groups is 2. The number of aromatic nitrogens is 2. The molecule has 0 bridgehead atoms. The van der Waals surface area contributed by atoms with Crippen molar-refractivity contribution >= 4 is 23.5 Å². The van der Waals surface area contributed by atoms with E-state index < -0.39 is 0 Å². The summed E-state index contributed by atoms with van der Waals surface area (Å²) < 4.78 is 5.38.